The predicted octanol–water partition coefficient (Wildman–Crippen LogP) is 1.32. The molecule has 0 bridgehead atoms. The summed E-state index contributed by atoms with van der Waals surface area (Å²) < 4.78 is 4.81. The fourth-order valence-electron chi connectivity index (χ4n) is 1.21. The Morgan fingerprint density at radius 3 is 2.72 bits per heavy atom. The van der Waals surface area contributed by atoms with Crippen LogP contribution in [0.25, 0.3) is 0 Å². The number of carbonyl (C=O) groups is 1. The second-order valence-electron chi connectivity index (χ2n) is 3.34. The monoisotopic (exact) mass is 273 g/mol. The zero-order valence-electron chi connectivity index (χ0n) is 10.4. The average Bonchev–Trinajstić information content (AvgIpc) is 2.34. The minimum atomic E-state index is -0.205. The fourth-order valence-corrected chi connectivity index (χ4v) is 1.37. The Labute approximate surface area is 110 Å². The van der Waals surface area contributed by atoms with Crippen molar-refractivity contribution in [2.75, 3.05) is 30.8 Å². The van der Waals surface area contributed by atoms with Crippen molar-refractivity contribution in [1.29, 1.82) is 0 Å². The van der Waals surface area contributed by atoms with Crippen molar-refractivity contribution in [3.8, 4) is 0 Å². The maximum absolute atomic E-state index is 11.1. The molecule has 18 heavy (non-hydrogen) atoms. The van der Waals surface area contributed by atoms with Crippen LogP contribution in [0.1, 0.15) is 19.8 Å². The second kappa shape index (κ2) is 7.65. The number of aromatic nitrogens is 3. The number of nitrogens with zero attached hydrogens (tertiary/aromatic N) is 3. The van der Waals surface area contributed by atoms with Gasteiger partial charge in [0.15, 0.2) is 0 Å². The summed E-state index contributed by atoms with van der Waals surface area (Å²) in [5, 5.41) is 5.85. The highest BCUT2D eigenvalue weighted by Gasteiger charge is 2.04. The van der Waals surface area contributed by atoms with Crippen LogP contribution >= 0.6 is 11.6 Å². The SMILES string of the molecule is CCOC(=O)CCCNc1nc(Cl)nc(NC)n1. The molecule has 0 radical (unpaired) electrons. The van der Waals surface area contributed by atoms with Gasteiger partial charge in [0.25, 0.3) is 0 Å². The van der Waals surface area contributed by atoms with E-state index in [4.69, 9.17) is 16.3 Å². The van der Waals surface area contributed by atoms with E-state index < -0.39 is 0 Å². The average molecular weight is 274 g/mol. The number of carbonyl (C=O) groups excluding carboxylic acids is 1. The molecular formula is C10H16ClN5O2. The van der Waals surface area contributed by atoms with Gasteiger partial charge in [-0.2, -0.15) is 15.0 Å². The summed E-state index contributed by atoms with van der Waals surface area (Å²) in [5.74, 6) is 0.565. The fraction of sp³-hybridized carbons (Fsp3) is 0.600. The van der Waals surface area contributed by atoms with Gasteiger partial charge in [-0.25, -0.2) is 0 Å². The topological polar surface area (TPSA) is 89.0 Å². The lowest BCUT2D eigenvalue weighted by molar-refractivity contribution is -0.143. The molecule has 0 aliphatic carbocycles. The molecule has 0 aliphatic heterocycles. The Kier molecular flexibility index (Phi) is 6.13. The van der Waals surface area contributed by atoms with E-state index in [1.165, 1.54) is 0 Å². The quantitative estimate of drug-likeness (QED) is 0.572. The molecule has 0 aromatic carbocycles. The predicted molar refractivity (Wildman–Crippen MR) is 68.7 cm³/mol. The maximum atomic E-state index is 11.1. The molecule has 1 aromatic rings. The molecule has 7 nitrogen and oxygen atoms in total. The molecular weight excluding hydrogens is 258 g/mol. The van der Waals surface area contributed by atoms with Crippen molar-refractivity contribution in [3.05, 3.63) is 5.28 Å². The molecule has 0 saturated carbocycles. The molecule has 2 N–H and O–H groups in total. The van der Waals surface area contributed by atoms with Gasteiger partial charge in [0.1, 0.15) is 0 Å². The Bertz CT molecular complexity index is 402. The van der Waals surface area contributed by atoms with E-state index in [9.17, 15) is 4.79 Å². The number of nitrogens with one attached hydrogen (secondary N) is 2. The minimum Gasteiger partial charge on any atom is -0.466 e. The van der Waals surface area contributed by atoms with Crippen LogP contribution in [0.4, 0.5) is 11.9 Å². The van der Waals surface area contributed by atoms with Crippen molar-refractivity contribution >= 4 is 29.5 Å². The molecule has 0 unspecified atom stereocenters. The standard InChI is InChI=1S/C10H16ClN5O2/c1-3-18-7(17)5-4-6-13-10-15-8(11)14-9(12-2)16-10/h3-6H2,1-2H3,(H2,12,13,14,15,16). The first-order valence-electron chi connectivity index (χ1n) is 5.64. The van der Waals surface area contributed by atoms with Crippen LogP contribution in [-0.2, 0) is 9.53 Å². The van der Waals surface area contributed by atoms with Gasteiger partial charge in [-0.3, -0.25) is 4.79 Å². The highest BCUT2D eigenvalue weighted by Crippen LogP contribution is 2.08. The van der Waals surface area contributed by atoms with E-state index in [0.717, 1.165) is 0 Å². The first-order chi connectivity index (χ1) is 8.65. The van der Waals surface area contributed by atoms with Crippen LogP contribution < -0.4 is 10.6 Å². The van der Waals surface area contributed by atoms with Crippen LogP contribution in [-0.4, -0.2) is 41.1 Å². The van der Waals surface area contributed by atoms with E-state index in [2.05, 4.69) is 25.6 Å². The highest BCUT2D eigenvalue weighted by molar-refractivity contribution is 6.28. The molecule has 1 rings (SSSR count). The van der Waals surface area contributed by atoms with Crippen LogP contribution in [0.15, 0.2) is 0 Å². The third-order valence-electron chi connectivity index (χ3n) is 1.98. The lowest BCUT2D eigenvalue weighted by atomic mass is 10.3. The lowest BCUT2D eigenvalue weighted by Crippen LogP contribution is -2.11. The van der Waals surface area contributed by atoms with E-state index in [1.54, 1.807) is 14.0 Å². The van der Waals surface area contributed by atoms with Crippen molar-refractivity contribution in [3.63, 3.8) is 0 Å². The molecule has 0 atom stereocenters. The molecule has 0 saturated heterocycles. The van der Waals surface area contributed by atoms with Crippen LogP contribution in [0, 0.1) is 0 Å². The zero-order valence-corrected chi connectivity index (χ0v) is 11.1. The molecule has 100 valence electrons. The number of halogens is 1. The number of anilines is 2. The Morgan fingerprint density at radius 1 is 1.33 bits per heavy atom. The van der Waals surface area contributed by atoms with Crippen LogP contribution in [0.5, 0.6) is 0 Å². The van der Waals surface area contributed by atoms with Crippen LogP contribution in [0.2, 0.25) is 5.28 Å². The first kappa shape index (κ1) is 14.4. The largest absolute Gasteiger partial charge is 0.466 e. The van der Waals surface area contributed by atoms with E-state index >= 15 is 0 Å². The minimum absolute atomic E-state index is 0.113. The molecule has 1 aromatic heterocycles. The van der Waals surface area contributed by atoms with Crippen molar-refractivity contribution in [2.24, 2.45) is 0 Å². The zero-order chi connectivity index (χ0) is 13.4. The van der Waals surface area contributed by atoms with Gasteiger partial charge in [-0.05, 0) is 24.9 Å². The Hall–Kier alpha value is -1.63. The third-order valence-corrected chi connectivity index (χ3v) is 2.15. The van der Waals surface area contributed by atoms with Gasteiger partial charge in [0.2, 0.25) is 17.2 Å². The molecule has 0 fully saturated rings. The van der Waals surface area contributed by atoms with Gasteiger partial charge < -0.3 is 15.4 Å². The highest BCUT2D eigenvalue weighted by atomic mass is 35.5. The summed E-state index contributed by atoms with van der Waals surface area (Å²) in [7, 11) is 1.69. The maximum Gasteiger partial charge on any atom is 0.305 e. The van der Waals surface area contributed by atoms with E-state index in [-0.39, 0.29) is 11.3 Å². The molecule has 0 spiro atoms. The Balaban J connectivity index is 2.35. The summed E-state index contributed by atoms with van der Waals surface area (Å²) >= 11 is 5.72. The van der Waals surface area contributed by atoms with E-state index in [0.29, 0.717) is 37.9 Å². The number of hydrogen-bond donors (Lipinski definition) is 2. The van der Waals surface area contributed by atoms with Gasteiger partial charge >= 0.3 is 5.97 Å². The second-order valence-corrected chi connectivity index (χ2v) is 3.68. The third kappa shape index (κ3) is 5.13. The van der Waals surface area contributed by atoms with Gasteiger partial charge in [-0.15, -0.1) is 0 Å². The smallest absolute Gasteiger partial charge is 0.305 e. The molecule has 0 aliphatic rings. The summed E-state index contributed by atoms with van der Waals surface area (Å²) in [6.07, 6.45) is 0.996. The Morgan fingerprint density at radius 2 is 2.06 bits per heavy atom. The normalized spacial score (nSPS) is 9.94. The summed E-state index contributed by atoms with van der Waals surface area (Å²) in [6, 6.07) is 0. The number of rotatable bonds is 7. The lowest BCUT2D eigenvalue weighted by Gasteiger charge is -2.06. The number of hydrogen-bond acceptors (Lipinski definition) is 7. The first-order valence-corrected chi connectivity index (χ1v) is 6.02. The van der Waals surface area contributed by atoms with Gasteiger partial charge in [0.05, 0.1) is 6.61 Å². The summed E-state index contributed by atoms with van der Waals surface area (Å²) in [4.78, 5) is 22.9. The van der Waals surface area contributed by atoms with Gasteiger partial charge in [0, 0.05) is 20.0 Å². The van der Waals surface area contributed by atoms with Crippen LogP contribution in [0.3, 0.4) is 0 Å². The molecule has 8 heteroatoms. The van der Waals surface area contributed by atoms with Crippen molar-refractivity contribution in [2.45, 2.75) is 19.8 Å². The molecule has 0 amide bonds. The summed E-state index contributed by atoms with van der Waals surface area (Å²) in [5.41, 5.74) is 0. The summed E-state index contributed by atoms with van der Waals surface area (Å²) in [6.45, 7) is 2.74. The molecule has 1 heterocycles. The number of esters is 1. The van der Waals surface area contributed by atoms with Gasteiger partial charge in [-0.1, -0.05) is 0 Å². The number of ether oxygens (including phenoxy) is 1. The van der Waals surface area contributed by atoms with E-state index in [1.807, 2.05) is 0 Å². The van der Waals surface area contributed by atoms with Crippen molar-refractivity contribution in [1.82, 2.24) is 15.0 Å². The van der Waals surface area contributed by atoms with Crippen molar-refractivity contribution < 1.29 is 9.53 Å².